The molecule has 2 amide bonds. The highest BCUT2D eigenvalue weighted by molar-refractivity contribution is 7.90. The van der Waals surface area contributed by atoms with Gasteiger partial charge in [0, 0.05) is 6.26 Å². The smallest absolute Gasteiger partial charge is 0.269 e. The van der Waals surface area contributed by atoms with E-state index in [-0.39, 0.29) is 20.5 Å². The summed E-state index contributed by atoms with van der Waals surface area (Å²) < 4.78 is 49.9. The molecule has 0 fully saturated rings. The topological polar surface area (TPSA) is 131 Å². The number of sulfone groups is 1. The fraction of sp³-hybridized carbons (Fsp3) is 0.167. The highest BCUT2D eigenvalue weighted by Crippen LogP contribution is 2.33. The first-order valence-electron chi connectivity index (χ1n) is 8.59. The molecular weight excluding hydrogens is 450 g/mol. The molecule has 156 valence electrons. The van der Waals surface area contributed by atoms with Crippen molar-refractivity contribution in [3.63, 3.8) is 0 Å². The van der Waals surface area contributed by atoms with Gasteiger partial charge in [0.2, 0.25) is 5.91 Å². The number of aromatic nitrogens is 1. The van der Waals surface area contributed by atoms with Crippen LogP contribution in [0.2, 0.25) is 0 Å². The highest BCUT2D eigenvalue weighted by Gasteiger charge is 2.45. The predicted octanol–water partition coefficient (Wildman–Crippen LogP) is 1.87. The van der Waals surface area contributed by atoms with Crippen molar-refractivity contribution in [1.29, 1.82) is 0 Å². The second kappa shape index (κ2) is 6.86. The molecule has 3 aromatic rings. The molecule has 2 heterocycles. The van der Waals surface area contributed by atoms with E-state index >= 15 is 0 Å². The average molecular weight is 466 g/mol. The summed E-state index contributed by atoms with van der Waals surface area (Å²) in [6.45, 7) is 1.31. The van der Waals surface area contributed by atoms with Gasteiger partial charge in [-0.3, -0.25) is 9.59 Å². The minimum Gasteiger partial charge on any atom is -0.300 e. The van der Waals surface area contributed by atoms with Crippen LogP contribution in [0.15, 0.2) is 52.3 Å². The molecule has 1 N–H and O–H groups in total. The fourth-order valence-corrected chi connectivity index (χ4v) is 6.45. The lowest BCUT2D eigenvalue weighted by Gasteiger charge is -2.21. The number of hydrogen-bond donors (Lipinski definition) is 1. The molecule has 0 saturated heterocycles. The van der Waals surface area contributed by atoms with Crippen LogP contribution < -0.4 is 5.32 Å². The number of anilines is 1. The van der Waals surface area contributed by atoms with E-state index in [1.807, 2.05) is 0 Å². The van der Waals surface area contributed by atoms with Crippen LogP contribution in [0.3, 0.4) is 0 Å². The van der Waals surface area contributed by atoms with Gasteiger partial charge in [-0.25, -0.2) is 26.1 Å². The zero-order valence-corrected chi connectivity index (χ0v) is 18.1. The summed E-state index contributed by atoms with van der Waals surface area (Å²) in [4.78, 5) is 29.5. The van der Waals surface area contributed by atoms with Gasteiger partial charge in [-0.05, 0) is 37.3 Å². The van der Waals surface area contributed by atoms with E-state index < -0.39 is 37.7 Å². The van der Waals surface area contributed by atoms with Crippen molar-refractivity contribution >= 4 is 58.4 Å². The number of nitrogens with zero attached hydrogens (tertiary/aromatic N) is 2. The van der Waals surface area contributed by atoms with Crippen molar-refractivity contribution in [2.45, 2.75) is 22.8 Å². The maximum Gasteiger partial charge on any atom is 0.269 e. The SMILES string of the molecule is C[C@H](C(=O)Nc1nc2ccc(S(C)(=O)=O)cc2s1)N1C(=O)c2ccccc2S1(=O)=O. The highest BCUT2D eigenvalue weighted by atomic mass is 32.2. The van der Waals surface area contributed by atoms with E-state index in [0.717, 1.165) is 17.6 Å². The van der Waals surface area contributed by atoms with Crippen LogP contribution in [0.4, 0.5) is 5.13 Å². The Bertz CT molecular complexity index is 1430. The van der Waals surface area contributed by atoms with E-state index in [2.05, 4.69) is 10.3 Å². The van der Waals surface area contributed by atoms with Gasteiger partial charge in [-0.1, -0.05) is 23.5 Å². The minimum absolute atomic E-state index is 0.0189. The average Bonchev–Trinajstić information content (AvgIpc) is 3.16. The quantitative estimate of drug-likeness (QED) is 0.622. The number of fused-ring (bicyclic) bond motifs is 2. The number of carbonyl (C=O) groups is 2. The number of rotatable bonds is 4. The summed E-state index contributed by atoms with van der Waals surface area (Å²) in [7, 11) is -7.54. The third-order valence-corrected chi connectivity index (χ3v) is 8.56. The molecule has 0 spiro atoms. The number of benzene rings is 2. The molecule has 1 aliphatic rings. The van der Waals surface area contributed by atoms with Crippen molar-refractivity contribution in [2.24, 2.45) is 0 Å². The van der Waals surface area contributed by atoms with Gasteiger partial charge in [-0.2, -0.15) is 0 Å². The minimum atomic E-state index is -4.14. The largest absolute Gasteiger partial charge is 0.300 e. The Balaban J connectivity index is 1.61. The van der Waals surface area contributed by atoms with Crippen LogP contribution in [-0.2, 0) is 24.7 Å². The van der Waals surface area contributed by atoms with E-state index in [1.54, 1.807) is 6.07 Å². The molecule has 1 aliphatic heterocycles. The number of carbonyl (C=O) groups excluding carboxylic acids is 2. The number of nitrogens with one attached hydrogen (secondary N) is 1. The van der Waals surface area contributed by atoms with E-state index in [4.69, 9.17) is 0 Å². The van der Waals surface area contributed by atoms with Crippen LogP contribution in [0, 0.1) is 0 Å². The third-order valence-electron chi connectivity index (χ3n) is 4.60. The summed E-state index contributed by atoms with van der Waals surface area (Å²) in [6, 6.07) is 8.84. The Morgan fingerprint density at radius 3 is 2.57 bits per heavy atom. The van der Waals surface area contributed by atoms with Gasteiger partial charge in [0.25, 0.3) is 15.9 Å². The van der Waals surface area contributed by atoms with Crippen molar-refractivity contribution in [3.8, 4) is 0 Å². The number of thiazole rings is 1. The van der Waals surface area contributed by atoms with Crippen molar-refractivity contribution in [2.75, 3.05) is 11.6 Å². The first-order valence-corrected chi connectivity index (χ1v) is 12.7. The second-order valence-corrected chi connectivity index (χ2v) is 11.5. The van der Waals surface area contributed by atoms with Gasteiger partial charge in [0.15, 0.2) is 15.0 Å². The molecule has 30 heavy (non-hydrogen) atoms. The van der Waals surface area contributed by atoms with Crippen LogP contribution in [0.5, 0.6) is 0 Å². The van der Waals surface area contributed by atoms with Gasteiger partial charge >= 0.3 is 0 Å². The van der Waals surface area contributed by atoms with Gasteiger partial charge in [0.1, 0.15) is 10.9 Å². The first kappa shape index (κ1) is 20.4. The Morgan fingerprint density at radius 1 is 1.20 bits per heavy atom. The summed E-state index contributed by atoms with van der Waals surface area (Å²) >= 11 is 1.04. The van der Waals surface area contributed by atoms with Crippen molar-refractivity contribution in [3.05, 3.63) is 48.0 Å². The lowest BCUT2D eigenvalue weighted by Crippen LogP contribution is -2.45. The van der Waals surface area contributed by atoms with Gasteiger partial charge < -0.3 is 5.32 Å². The maximum atomic E-state index is 12.7. The molecule has 1 aromatic heterocycles. The van der Waals surface area contributed by atoms with Crippen molar-refractivity contribution in [1.82, 2.24) is 9.29 Å². The molecular formula is C18H15N3O6S3. The first-order chi connectivity index (χ1) is 14.0. The van der Waals surface area contributed by atoms with Crippen LogP contribution >= 0.6 is 11.3 Å². The van der Waals surface area contributed by atoms with Crippen molar-refractivity contribution < 1.29 is 26.4 Å². The predicted molar refractivity (Wildman–Crippen MR) is 111 cm³/mol. The molecule has 0 aliphatic carbocycles. The zero-order chi connectivity index (χ0) is 21.8. The fourth-order valence-electron chi connectivity index (χ4n) is 3.09. The Hall–Kier alpha value is -2.83. The molecule has 0 saturated carbocycles. The molecule has 4 rings (SSSR count). The van der Waals surface area contributed by atoms with Gasteiger partial charge in [-0.15, -0.1) is 0 Å². The second-order valence-electron chi connectivity index (χ2n) is 6.69. The monoisotopic (exact) mass is 465 g/mol. The Kier molecular flexibility index (Phi) is 4.67. The molecule has 9 nitrogen and oxygen atoms in total. The van der Waals surface area contributed by atoms with E-state index in [9.17, 15) is 26.4 Å². The van der Waals surface area contributed by atoms with E-state index in [1.165, 1.54) is 43.3 Å². The summed E-state index contributed by atoms with van der Waals surface area (Å²) in [6.07, 6.45) is 1.09. The molecule has 12 heteroatoms. The lowest BCUT2D eigenvalue weighted by molar-refractivity contribution is -0.118. The number of hydrogen-bond acceptors (Lipinski definition) is 8. The standard InChI is InChI=1S/C18H15N3O6S3/c1-10(21-17(23)12-5-3-4-6-15(12)30(21,26)27)16(22)20-18-19-13-8-7-11(29(2,24)25)9-14(13)28-18/h3-10H,1-2H3,(H,19,20,22)/t10-/m1/s1. The maximum absolute atomic E-state index is 12.7. The zero-order valence-electron chi connectivity index (χ0n) is 15.7. The Labute approximate surface area is 176 Å². The third kappa shape index (κ3) is 3.26. The molecule has 1 atom stereocenters. The molecule has 2 aromatic carbocycles. The van der Waals surface area contributed by atoms with Crippen LogP contribution in [0.1, 0.15) is 17.3 Å². The molecule has 0 radical (unpaired) electrons. The summed E-state index contributed by atoms with van der Waals surface area (Å²) in [5, 5.41) is 2.67. The normalized spacial score (nSPS) is 16.5. The molecule has 0 unspecified atom stereocenters. The Morgan fingerprint density at radius 2 is 1.90 bits per heavy atom. The number of sulfonamides is 1. The van der Waals surface area contributed by atoms with Crippen LogP contribution in [-0.4, -0.2) is 50.2 Å². The molecule has 0 bridgehead atoms. The lowest BCUT2D eigenvalue weighted by atomic mass is 10.2. The van der Waals surface area contributed by atoms with E-state index in [0.29, 0.717) is 14.5 Å². The van der Waals surface area contributed by atoms with Crippen LogP contribution in [0.25, 0.3) is 10.2 Å². The van der Waals surface area contributed by atoms with Gasteiger partial charge in [0.05, 0.1) is 20.7 Å². The number of amides is 2. The summed E-state index contributed by atoms with van der Waals surface area (Å²) in [5.74, 6) is -1.50. The summed E-state index contributed by atoms with van der Waals surface area (Å²) in [5.41, 5.74) is 0.498.